The molecule has 0 bridgehead atoms. The summed E-state index contributed by atoms with van der Waals surface area (Å²) in [5.41, 5.74) is 1.07. The highest BCUT2D eigenvalue weighted by Gasteiger charge is 2.37. The first-order chi connectivity index (χ1) is 11.4. The Kier molecular flexibility index (Phi) is 7.48. The topological polar surface area (TPSA) is 34.1 Å². The summed E-state index contributed by atoms with van der Waals surface area (Å²) in [7, 11) is 0. The lowest BCUT2D eigenvalue weighted by Crippen LogP contribution is -2.39. The number of hydrogen-bond donors (Lipinski definition) is 0. The molecule has 0 fully saturated rings. The SMILES string of the molecule is O=C(c1ccccc1)C(Br)C(Cl)C(Cl)C(Br)C(=O)c1ccccc1. The zero-order valence-corrected chi connectivity index (χ0v) is 17.1. The van der Waals surface area contributed by atoms with Crippen LogP contribution in [-0.2, 0) is 0 Å². The van der Waals surface area contributed by atoms with Crippen LogP contribution >= 0.6 is 55.1 Å². The Morgan fingerprint density at radius 2 is 0.958 bits per heavy atom. The summed E-state index contributed by atoms with van der Waals surface area (Å²) < 4.78 is 0. The average molecular weight is 493 g/mol. The molecule has 126 valence electrons. The number of ketones is 2. The van der Waals surface area contributed by atoms with E-state index in [4.69, 9.17) is 23.2 Å². The zero-order chi connectivity index (χ0) is 17.7. The molecule has 0 aliphatic carbocycles. The van der Waals surface area contributed by atoms with Crippen LogP contribution in [0.3, 0.4) is 0 Å². The van der Waals surface area contributed by atoms with Crippen LogP contribution in [0.4, 0.5) is 0 Å². The molecule has 0 radical (unpaired) electrons. The Morgan fingerprint density at radius 1 is 0.667 bits per heavy atom. The first-order valence-corrected chi connectivity index (χ1v) is 9.88. The van der Waals surface area contributed by atoms with Gasteiger partial charge in [-0.05, 0) is 0 Å². The van der Waals surface area contributed by atoms with Crippen molar-refractivity contribution in [2.24, 2.45) is 0 Å². The Balaban J connectivity index is 2.09. The lowest BCUT2D eigenvalue weighted by molar-refractivity contribution is 0.0968. The second-order valence-electron chi connectivity index (χ2n) is 5.15. The number of carbonyl (C=O) groups excluding carboxylic acids is 2. The molecule has 2 aromatic rings. The summed E-state index contributed by atoms with van der Waals surface area (Å²) in [5.74, 6) is -0.346. The molecule has 24 heavy (non-hydrogen) atoms. The third-order valence-corrected chi connectivity index (χ3v) is 7.24. The summed E-state index contributed by atoms with van der Waals surface area (Å²) >= 11 is 19.4. The molecule has 2 rings (SSSR count). The van der Waals surface area contributed by atoms with Gasteiger partial charge in [0.1, 0.15) is 0 Å². The molecule has 6 heteroatoms. The van der Waals surface area contributed by atoms with Crippen molar-refractivity contribution in [2.45, 2.75) is 20.4 Å². The fraction of sp³-hybridized carbons (Fsp3) is 0.222. The molecule has 0 aromatic heterocycles. The minimum atomic E-state index is -0.767. The van der Waals surface area contributed by atoms with E-state index in [2.05, 4.69) is 31.9 Å². The quantitative estimate of drug-likeness (QED) is 0.378. The highest BCUT2D eigenvalue weighted by molar-refractivity contribution is 9.10. The van der Waals surface area contributed by atoms with Crippen molar-refractivity contribution in [3.05, 3.63) is 71.8 Å². The summed E-state index contributed by atoms with van der Waals surface area (Å²) in [4.78, 5) is 23.5. The van der Waals surface area contributed by atoms with E-state index in [0.717, 1.165) is 0 Å². The number of Topliss-reactive ketones (excluding diaryl/α,β-unsaturated/α-hetero) is 2. The summed E-state index contributed by atoms with van der Waals surface area (Å²) in [6, 6.07) is 17.6. The number of alkyl halides is 4. The minimum absolute atomic E-state index is 0.173. The number of halogens is 4. The molecule has 4 atom stereocenters. The van der Waals surface area contributed by atoms with E-state index in [9.17, 15) is 9.59 Å². The van der Waals surface area contributed by atoms with Crippen molar-refractivity contribution in [1.29, 1.82) is 0 Å². The third kappa shape index (κ3) is 4.69. The largest absolute Gasteiger partial charge is 0.293 e. The van der Waals surface area contributed by atoms with Gasteiger partial charge in [-0.2, -0.15) is 0 Å². The molecular formula is C18H14Br2Cl2O2. The van der Waals surface area contributed by atoms with Crippen LogP contribution in [0.2, 0.25) is 0 Å². The smallest absolute Gasteiger partial charge is 0.178 e. The standard InChI is InChI=1S/C18H14Br2Cl2O2/c19-13(17(23)11-7-3-1-4-8-11)15(21)16(22)14(20)18(24)12-9-5-2-6-10-12/h1-10,13-16H. The van der Waals surface area contributed by atoms with Gasteiger partial charge in [0.2, 0.25) is 0 Å². The van der Waals surface area contributed by atoms with Gasteiger partial charge in [-0.3, -0.25) is 9.59 Å². The van der Waals surface area contributed by atoms with Crippen LogP contribution in [0.25, 0.3) is 0 Å². The molecule has 2 aromatic carbocycles. The first-order valence-electron chi connectivity index (χ1n) is 7.18. The van der Waals surface area contributed by atoms with Crippen molar-refractivity contribution in [2.75, 3.05) is 0 Å². The van der Waals surface area contributed by atoms with E-state index in [0.29, 0.717) is 11.1 Å². The Morgan fingerprint density at radius 3 is 1.25 bits per heavy atom. The Bertz CT molecular complexity index is 633. The lowest BCUT2D eigenvalue weighted by Gasteiger charge is -2.24. The van der Waals surface area contributed by atoms with Crippen molar-refractivity contribution in [3.8, 4) is 0 Å². The van der Waals surface area contributed by atoms with Crippen molar-refractivity contribution in [3.63, 3.8) is 0 Å². The van der Waals surface area contributed by atoms with Gasteiger partial charge in [0, 0.05) is 11.1 Å². The van der Waals surface area contributed by atoms with Crippen molar-refractivity contribution >= 4 is 66.6 Å². The highest BCUT2D eigenvalue weighted by atomic mass is 79.9. The summed E-state index contributed by atoms with van der Waals surface area (Å²) in [6.45, 7) is 0. The molecule has 0 amide bonds. The number of rotatable bonds is 7. The van der Waals surface area contributed by atoms with Crippen LogP contribution in [0.15, 0.2) is 60.7 Å². The maximum absolute atomic E-state index is 12.5. The lowest BCUT2D eigenvalue weighted by atomic mass is 10.0. The van der Waals surface area contributed by atoms with Crippen molar-refractivity contribution in [1.82, 2.24) is 0 Å². The van der Waals surface area contributed by atoms with Gasteiger partial charge in [-0.25, -0.2) is 0 Å². The van der Waals surface area contributed by atoms with E-state index in [1.807, 2.05) is 12.1 Å². The van der Waals surface area contributed by atoms with E-state index >= 15 is 0 Å². The fourth-order valence-corrected chi connectivity index (χ4v) is 4.19. The maximum Gasteiger partial charge on any atom is 0.178 e. The van der Waals surface area contributed by atoms with Gasteiger partial charge in [-0.1, -0.05) is 92.5 Å². The van der Waals surface area contributed by atoms with Crippen LogP contribution < -0.4 is 0 Å². The zero-order valence-electron chi connectivity index (χ0n) is 12.4. The first kappa shape index (κ1) is 19.6. The summed E-state index contributed by atoms with van der Waals surface area (Å²) in [5, 5.41) is -1.53. The molecule has 0 spiro atoms. The van der Waals surface area contributed by atoms with E-state index in [1.165, 1.54) is 0 Å². The molecule has 4 unspecified atom stereocenters. The van der Waals surface area contributed by atoms with Gasteiger partial charge >= 0.3 is 0 Å². The molecule has 0 saturated heterocycles. The minimum Gasteiger partial charge on any atom is -0.293 e. The van der Waals surface area contributed by atoms with Gasteiger partial charge in [0.25, 0.3) is 0 Å². The maximum atomic E-state index is 12.5. The molecule has 2 nitrogen and oxygen atoms in total. The third-order valence-electron chi connectivity index (χ3n) is 3.48. The van der Waals surface area contributed by atoms with E-state index < -0.39 is 20.4 Å². The average Bonchev–Trinajstić information content (AvgIpc) is 2.65. The molecule has 0 N–H and O–H groups in total. The summed E-state index contributed by atoms with van der Waals surface area (Å²) in [6.07, 6.45) is 0. The van der Waals surface area contributed by atoms with Crippen LogP contribution in [-0.4, -0.2) is 32.0 Å². The van der Waals surface area contributed by atoms with Gasteiger partial charge in [0.15, 0.2) is 11.6 Å². The predicted octanol–water partition coefficient (Wildman–Crippen LogP) is 5.49. The van der Waals surface area contributed by atoms with Crippen LogP contribution in [0.1, 0.15) is 20.7 Å². The monoisotopic (exact) mass is 490 g/mol. The second kappa shape index (κ2) is 9.14. The second-order valence-corrected chi connectivity index (χ2v) is 8.13. The van der Waals surface area contributed by atoms with Gasteiger partial charge < -0.3 is 0 Å². The fourth-order valence-electron chi connectivity index (χ4n) is 2.14. The van der Waals surface area contributed by atoms with Gasteiger partial charge in [-0.15, -0.1) is 23.2 Å². The molecule has 0 heterocycles. The Labute approximate surface area is 167 Å². The number of carbonyl (C=O) groups is 2. The van der Waals surface area contributed by atoms with Crippen LogP contribution in [0, 0.1) is 0 Å². The van der Waals surface area contributed by atoms with Crippen LogP contribution in [0.5, 0.6) is 0 Å². The highest BCUT2D eigenvalue weighted by Crippen LogP contribution is 2.29. The Hall–Kier alpha value is -0.680. The normalized spacial score (nSPS) is 16.0. The molecule has 0 aliphatic rings. The van der Waals surface area contributed by atoms with Gasteiger partial charge in [0.05, 0.1) is 20.4 Å². The number of benzene rings is 2. The van der Waals surface area contributed by atoms with Crippen molar-refractivity contribution < 1.29 is 9.59 Å². The molecule has 0 saturated carbocycles. The van der Waals surface area contributed by atoms with E-state index in [-0.39, 0.29) is 11.6 Å². The molecular weight excluding hydrogens is 479 g/mol. The molecule has 0 aliphatic heterocycles. The predicted molar refractivity (Wildman–Crippen MR) is 106 cm³/mol. The van der Waals surface area contributed by atoms with E-state index in [1.54, 1.807) is 48.5 Å². The number of hydrogen-bond acceptors (Lipinski definition) is 2.